The van der Waals surface area contributed by atoms with E-state index in [1.54, 1.807) is 0 Å². The summed E-state index contributed by atoms with van der Waals surface area (Å²) >= 11 is 6.41. The van der Waals surface area contributed by atoms with Crippen molar-refractivity contribution >= 4 is 17.3 Å². The van der Waals surface area contributed by atoms with Gasteiger partial charge in [0.15, 0.2) is 0 Å². The van der Waals surface area contributed by atoms with E-state index in [0.717, 1.165) is 18.1 Å². The normalized spacial score (nSPS) is 22.1. The molecule has 0 unspecified atom stereocenters. The number of hydrogen-bond donors (Lipinski definition) is 1. The summed E-state index contributed by atoms with van der Waals surface area (Å²) < 4.78 is 0. The van der Waals surface area contributed by atoms with Crippen LogP contribution in [0.2, 0.25) is 5.02 Å². The van der Waals surface area contributed by atoms with Crippen molar-refractivity contribution in [3.8, 4) is 0 Å². The molecule has 2 heterocycles. The highest BCUT2D eigenvalue weighted by Gasteiger charge is 2.44. The minimum Gasteiger partial charge on any atom is -0.369 e. The van der Waals surface area contributed by atoms with Crippen LogP contribution >= 0.6 is 11.6 Å². The Morgan fingerprint density at radius 2 is 2.06 bits per heavy atom. The molecular formula is C15H21ClN2. The molecule has 98 valence electrons. The monoisotopic (exact) mass is 264 g/mol. The van der Waals surface area contributed by atoms with Crippen LogP contribution < -0.4 is 10.2 Å². The van der Waals surface area contributed by atoms with Gasteiger partial charge in [-0.3, -0.25) is 0 Å². The molecule has 2 saturated heterocycles. The smallest absolute Gasteiger partial charge is 0.0644 e. The maximum Gasteiger partial charge on any atom is 0.0644 e. The van der Waals surface area contributed by atoms with Gasteiger partial charge in [0.1, 0.15) is 0 Å². The van der Waals surface area contributed by atoms with E-state index in [0.29, 0.717) is 5.41 Å². The van der Waals surface area contributed by atoms with Crippen molar-refractivity contribution in [2.45, 2.75) is 26.7 Å². The van der Waals surface area contributed by atoms with Crippen LogP contribution in [0.5, 0.6) is 0 Å². The number of piperidine rings is 1. The number of hydrogen-bond acceptors (Lipinski definition) is 2. The summed E-state index contributed by atoms with van der Waals surface area (Å²) in [6, 6.07) is 4.30. The van der Waals surface area contributed by atoms with Gasteiger partial charge in [0, 0.05) is 25.0 Å². The Kier molecular flexibility index (Phi) is 3.03. The highest BCUT2D eigenvalue weighted by Crippen LogP contribution is 2.43. The molecule has 2 fully saturated rings. The zero-order chi connectivity index (χ0) is 12.8. The molecule has 1 aromatic carbocycles. The molecule has 2 aliphatic rings. The quantitative estimate of drug-likeness (QED) is 0.838. The Labute approximate surface area is 114 Å². The number of rotatable bonds is 1. The zero-order valence-electron chi connectivity index (χ0n) is 11.2. The summed E-state index contributed by atoms with van der Waals surface area (Å²) in [5, 5.41) is 4.44. The fourth-order valence-electron chi connectivity index (χ4n) is 3.53. The number of halogens is 1. The molecule has 3 heteroatoms. The minimum atomic E-state index is 0.513. The van der Waals surface area contributed by atoms with Crippen LogP contribution in [0.3, 0.4) is 0 Å². The van der Waals surface area contributed by atoms with Crippen molar-refractivity contribution < 1.29 is 0 Å². The molecule has 1 N–H and O–H groups in total. The van der Waals surface area contributed by atoms with E-state index in [1.807, 2.05) is 0 Å². The molecule has 3 rings (SSSR count). The average molecular weight is 265 g/mol. The van der Waals surface area contributed by atoms with Gasteiger partial charge >= 0.3 is 0 Å². The molecular weight excluding hydrogens is 244 g/mol. The first-order valence-corrected chi connectivity index (χ1v) is 7.20. The molecule has 18 heavy (non-hydrogen) atoms. The van der Waals surface area contributed by atoms with Crippen molar-refractivity contribution in [2.75, 3.05) is 31.1 Å². The first kappa shape index (κ1) is 12.3. The SMILES string of the molecule is Cc1cc(C)c(N2CC3(CCCNC3)C2)c(Cl)c1. The van der Waals surface area contributed by atoms with Gasteiger partial charge in [-0.1, -0.05) is 17.7 Å². The van der Waals surface area contributed by atoms with Gasteiger partial charge in [-0.25, -0.2) is 0 Å². The number of nitrogens with one attached hydrogen (secondary N) is 1. The maximum atomic E-state index is 6.41. The highest BCUT2D eigenvalue weighted by atomic mass is 35.5. The first-order valence-electron chi connectivity index (χ1n) is 6.82. The van der Waals surface area contributed by atoms with Gasteiger partial charge in [-0.05, 0) is 50.4 Å². The number of benzene rings is 1. The third kappa shape index (κ3) is 2.02. The summed E-state index contributed by atoms with van der Waals surface area (Å²) in [6.45, 7) is 8.94. The lowest BCUT2D eigenvalue weighted by Gasteiger charge is -2.54. The molecule has 2 aliphatic heterocycles. The first-order chi connectivity index (χ1) is 8.60. The minimum absolute atomic E-state index is 0.513. The molecule has 1 aromatic rings. The van der Waals surface area contributed by atoms with Crippen LogP contribution in [0, 0.1) is 19.3 Å². The predicted octanol–water partition coefficient (Wildman–Crippen LogP) is 3.15. The van der Waals surface area contributed by atoms with Crippen molar-refractivity contribution in [2.24, 2.45) is 5.41 Å². The summed E-state index contributed by atoms with van der Waals surface area (Å²) in [5.41, 5.74) is 4.31. The predicted molar refractivity (Wildman–Crippen MR) is 77.7 cm³/mol. The number of aryl methyl sites for hydroxylation is 2. The van der Waals surface area contributed by atoms with E-state index in [2.05, 4.69) is 36.2 Å². The van der Waals surface area contributed by atoms with E-state index in [9.17, 15) is 0 Å². The number of nitrogens with zero attached hydrogens (tertiary/aromatic N) is 1. The second kappa shape index (κ2) is 4.43. The average Bonchev–Trinajstić information content (AvgIpc) is 2.26. The fourth-order valence-corrected chi connectivity index (χ4v) is 3.97. The Hall–Kier alpha value is -0.730. The van der Waals surface area contributed by atoms with Crippen LogP contribution in [-0.2, 0) is 0 Å². The lowest BCUT2D eigenvalue weighted by Crippen LogP contribution is -2.62. The van der Waals surface area contributed by atoms with Crippen LogP contribution in [0.4, 0.5) is 5.69 Å². The largest absolute Gasteiger partial charge is 0.369 e. The highest BCUT2D eigenvalue weighted by molar-refractivity contribution is 6.33. The molecule has 1 spiro atoms. The van der Waals surface area contributed by atoms with Gasteiger partial charge in [-0.15, -0.1) is 0 Å². The Morgan fingerprint density at radius 3 is 2.67 bits per heavy atom. The second-order valence-electron chi connectivity index (χ2n) is 6.05. The van der Waals surface area contributed by atoms with Gasteiger partial charge < -0.3 is 10.2 Å². The molecule has 2 nitrogen and oxygen atoms in total. The van der Waals surface area contributed by atoms with Gasteiger partial charge in [0.05, 0.1) is 10.7 Å². The molecule has 0 bridgehead atoms. The lowest BCUT2D eigenvalue weighted by atomic mass is 9.73. The summed E-state index contributed by atoms with van der Waals surface area (Å²) in [7, 11) is 0. The Morgan fingerprint density at radius 1 is 1.28 bits per heavy atom. The van der Waals surface area contributed by atoms with Crippen LogP contribution in [-0.4, -0.2) is 26.2 Å². The molecule has 0 radical (unpaired) electrons. The Balaban J connectivity index is 1.78. The zero-order valence-corrected chi connectivity index (χ0v) is 12.0. The lowest BCUT2D eigenvalue weighted by molar-refractivity contribution is 0.156. The fraction of sp³-hybridized carbons (Fsp3) is 0.600. The van der Waals surface area contributed by atoms with E-state index in [-0.39, 0.29) is 0 Å². The van der Waals surface area contributed by atoms with Crippen molar-refractivity contribution in [3.63, 3.8) is 0 Å². The molecule has 0 aromatic heterocycles. The van der Waals surface area contributed by atoms with Gasteiger partial charge in [-0.2, -0.15) is 0 Å². The van der Waals surface area contributed by atoms with Gasteiger partial charge in [0.2, 0.25) is 0 Å². The number of anilines is 1. The second-order valence-corrected chi connectivity index (χ2v) is 6.46. The topological polar surface area (TPSA) is 15.3 Å². The molecule has 0 amide bonds. The molecule has 0 saturated carbocycles. The van der Waals surface area contributed by atoms with E-state index < -0.39 is 0 Å². The van der Waals surface area contributed by atoms with E-state index >= 15 is 0 Å². The van der Waals surface area contributed by atoms with E-state index in [4.69, 9.17) is 11.6 Å². The molecule has 0 aliphatic carbocycles. The van der Waals surface area contributed by atoms with Gasteiger partial charge in [0.25, 0.3) is 0 Å². The summed E-state index contributed by atoms with van der Waals surface area (Å²) in [5.74, 6) is 0. The summed E-state index contributed by atoms with van der Waals surface area (Å²) in [4.78, 5) is 2.45. The Bertz CT molecular complexity index is 433. The van der Waals surface area contributed by atoms with Crippen molar-refractivity contribution in [1.29, 1.82) is 0 Å². The van der Waals surface area contributed by atoms with Crippen molar-refractivity contribution in [3.05, 3.63) is 28.3 Å². The standard InChI is InChI=1S/C15H21ClN2/c1-11-6-12(2)14(13(16)7-11)18-9-15(10-18)4-3-5-17-8-15/h6-7,17H,3-5,8-10H2,1-2H3. The van der Waals surface area contributed by atoms with Crippen LogP contribution in [0.25, 0.3) is 0 Å². The summed E-state index contributed by atoms with van der Waals surface area (Å²) in [6.07, 6.45) is 2.67. The van der Waals surface area contributed by atoms with Crippen LogP contribution in [0.1, 0.15) is 24.0 Å². The molecule has 0 atom stereocenters. The maximum absolute atomic E-state index is 6.41. The third-order valence-corrected chi connectivity index (χ3v) is 4.62. The van der Waals surface area contributed by atoms with Crippen molar-refractivity contribution in [1.82, 2.24) is 5.32 Å². The van der Waals surface area contributed by atoms with Crippen LogP contribution in [0.15, 0.2) is 12.1 Å². The van der Waals surface area contributed by atoms with E-state index in [1.165, 1.54) is 42.7 Å². The third-order valence-electron chi connectivity index (χ3n) is 4.33.